The lowest BCUT2D eigenvalue weighted by atomic mass is 10.3. The molecule has 0 unspecified atom stereocenters. The van der Waals surface area contributed by atoms with Crippen LogP contribution in [0.2, 0.25) is 0 Å². The summed E-state index contributed by atoms with van der Waals surface area (Å²) in [7, 11) is 0.500. The highest BCUT2D eigenvalue weighted by atomic mass is 32.2. The lowest BCUT2D eigenvalue weighted by molar-refractivity contribution is -0.123. The highest BCUT2D eigenvalue weighted by Gasteiger charge is 2.24. The van der Waals surface area contributed by atoms with Crippen molar-refractivity contribution >= 4 is 15.9 Å². The molecule has 0 saturated heterocycles. The summed E-state index contributed by atoms with van der Waals surface area (Å²) in [5.74, 6) is 0.255. The molecule has 0 heterocycles. The Kier molecular flexibility index (Phi) is 7.46. The van der Waals surface area contributed by atoms with E-state index in [1.165, 1.54) is 46.5 Å². The van der Waals surface area contributed by atoms with Crippen LogP contribution in [0.5, 0.6) is 11.5 Å². The average molecular weight is 360 g/mol. The van der Waals surface area contributed by atoms with Gasteiger partial charge in [-0.15, -0.1) is 0 Å². The van der Waals surface area contributed by atoms with Crippen LogP contribution < -0.4 is 19.5 Å². The number of sulfonamides is 1. The van der Waals surface area contributed by atoms with E-state index in [9.17, 15) is 13.2 Å². The lowest BCUT2D eigenvalue weighted by Crippen LogP contribution is -2.48. The van der Waals surface area contributed by atoms with Crippen molar-refractivity contribution in [2.24, 2.45) is 0 Å². The van der Waals surface area contributed by atoms with Crippen molar-refractivity contribution in [2.45, 2.75) is 30.8 Å². The molecule has 1 rings (SSSR count). The molecule has 0 bridgehead atoms. The predicted molar refractivity (Wildman–Crippen MR) is 88.8 cm³/mol. The minimum absolute atomic E-state index is 0.0234. The largest absolute Gasteiger partial charge is 0.493 e. The number of ether oxygens (including phenoxy) is 3. The van der Waals surface area contributed by atoms with Crippen LogP contribution in [-0.4, -0.2) is 54.3 Å². The van der Waals surface area contributed by atoms with Gasteiger partial charge in [0.2, 0.25) is 15.9 Å². The number of carbonyl (C=O) groups excluding carboxylic acids is 1. The summed E-state index contributed by atoms with van der Waals surface area (Å²) in [6, 6.07) is 3.03. The second kappa shape index (κ2) is 8.86. The van der Waals surface area contributed by atoms with Crippen LogP contribution >= 0.6 is 0 Å². The normalized spacial score (nSPS) is 13.9. The van der Waals surface area contributed by atoms with E-state index < -0.39 is 22.0 Å². The molecule has 0 aliphatic carbocycles. The summed E-state index contributed by atoms with van der Waals surface area (Å²) in [6.45, 7) is 3.56. The highest BCUT2D eigenvalue weighted by Crippen LogP contribution is 2.29. The first-order valence-electron chi connectivity index (χ1n) is 7.28. The Morgan fingerprint density at radius 2 is 1.75 bits per heavy atom. The van der Waals surface area contributed by atoms with Crippen LogP contribution in [0.1, 0.15) is 13.8 Å². The van der Waals surface area contributed by atoms with Gasteiger partial charge in [-0.1, -0.05) is 0 Å². The second-order valence-electron chi connectivity index (χ2n) is 5.22. The third-order valence-electron chi connectivity index (χ3n) is 3.20. The van der Waals surface area contributed by atoms with Crippen molar-refractivity contribution in [1.82, 2.24) is 10.0 Å². The van der Waals surface area contributed by atoms with Gasteiger partial charge < -0.3 is 19.5 Å². The molecule has 8 nitrogen and oxygen atoms in total. The highest BCUT2D eigenvalue weighted by molar-refractivity contribution is 7.89. The van der Waals surface area contributed by atoms with E-state index in [4.69, 9.17) is 14.2 Å². The number of methoxy groups -OCH3 is 3. The number of carbonyl (C=O) groups is 1. The molecule has 1 amide bonds. The van der Waals surface area contributed by atoms with Crippen LogP contribution in [0.15, 0.2) is 23.1 Å². The van der Waals surface area contributed by atoms with Gasteiger partial charge in [0.25, 0.3) is 0 Å². The van der Waals surface area contributed by atoms with Gasteiger partial charge in [-0.05, 0) is 26.0 Å². The van der Waals surface area contributed by atoms with E-state index in [1.807, 2.05) is 0 Å². The van der Waals surface area contributed by atoms with Crippen LogP contribution in [-0.2, 0) is 19.6 Å². The summed E-state index contributed by atoms with van der Waals surface area (Å²) in [5, 5.41) is 2.66. The summed E-state index contributed by atoms with van der Waals surface area (Å²) in [4.78, 5) is 12.0. The smallest absolute Gasteiger partial charge is 0.241 e. The van der Waals surface area contributed by atoms with Gasteiger partial charge in [0, 0.05) is 19.2 Å². The molecule has 2 N–H and O–H groups in total. The zero-order chi connectivity index (χ0) is 18.3. The third kappa shape index (κ3) is 5.36. The molecule has 0 fully saturated rings. The van der Waals surface area contributed by atoms with E-state index in [0.717, 1.165) is 0 Å². The van der Waals surface area contributed by atoms with Crippen molar-refractivity contribution < 1.29 is 27.4 Å². The Balaban J connectivity index is 2.87. The van der Waals surface area contributed by atoms with Crippen molar-refractivity contribution in [2.75, 3.05) is 27.9 Å². The maximum Gasteiger partial charge on any atom is 0.241 e. The van der Waals surface area contributed by atoms with Crippen LogP contribution in [0.4, 0.5) is 0 Å². The Bertz CT molecular complexity index is 662. The fourth-order valence-corrected chi connectivity index (χ4v) is 3.22. The van der Waals surface area contributed by atoms with Gasteiger partial charge in [0.15, 0.2) is 11.5 Å². The van der Waals surface area contributed by atoms with Crippen LogP contribution in [0.25, 0.3) is 0 Å². The predicted octanol–water partition coefficient (Wildman–Crippen LogP) is 0.522. The van der Waals surface area contributed by atoms with Crippen LogP contribution in [0.3, 0.4) is 0 Å². The van der Waals surface area contributed by atoms with Gasteiger partial charge >= 0.3 is 0 Å². The van der Waals surface area contributed by atoms with E-state index in [2.05, 4.69) is 10.0 Å². The Morgan fingerprint density at radius 3 is 2.29 bits per heavy atom. The first kappa shape index (κ1) is 20.2. The molecule has 2 atom stereocenters. The Morgan fingerprint density at radius 1 is 1.12 bits per heavy atom. The molecular formula is C15H24N2O6S. The van der Waals surface area contributed by atoms with Gasteiger partial charge in [-0.2, -0.15) is 4.72 Å². The molecule has 0 radical (unpaired) electrons. The molecule has 136 valence electrons. The second-order valence-corrected chi connectivity index (χ2v) is 6.94. The van der Waals surface area contributed by atoms with Gasteiger partial charge in [-0.25, -0.2) is 8.42 Å². The van der Waals surface area contributed by atoms with Crippen molar-refractivity contribution in [3.8, 4) is 11.5 Å². The van der Waals surface area contributed by atoms with Crippen molar-refractivity contribution in [1.29, 1.82) is 0 Å². The number of benzene rings is 1. The number of hydrogen-bond donors (Lipinski definition) is 2. The Hall–Kier alpha value is -1.84. The van der Waals surface area contributed by atoms with Crippen molar-refractivity contribution in [3.63, 3.8) is 0 Å². The zero-order valence-electron chi connectivity index (χ0n) is 14.5. The molecule has 0 aromatic heterocycles. The number of rotatable bonds is 9. The maximum absolute atomic E-state index is 12.4. The molecule has 0 aliphatic rings. The molecule has 9 heteroatoms. The summed E-state index contributed by atoms with van der Waals surface area (Å²) in [5.41, 5.74) is 0. The minimum atomic E-state index is -3.89. The van der Waals surface area contributed by atoms with Crippen molar-refractivity contribution in [3.05, 3.63) is 18.2 Å². The van der Waals surface area contributed by atoms with Gasteiger partial charge in [0.1, 0.15) is 0 Å². The zero-order valence-corrected chi connectivity index (χ0v) is 15.3. The van der Waals surface area contributed by atoms with E-state index >= 15 is 0 Å². The summed E-state index contributed by atoms with van der Waals surface area (Å²) >= 11 is 0. The molecule has 0 spiro atoms. The Labute approximate surface area is 142 Å². The third-order valence-corrected chi connectivity index (χ3v) is 4.73. The van der Waals surface area contributed by atoms with Crippen LogP contribution in [0, 0.1) is 0 Å². The number of nitrogens with one attached hydrogen (secondary N) is 2. The molecule has 0 aliphatic heterocycles. The quantitative estimate of drug-likeness (QED) is 0.666. The van der Waals surface area contributed by atoms with E-state index in [1.54, 1.807) is 6.92 Å². The van der Waals surface area contributed by atoms with Gasteiger partial charge in [0.05, 0.1) is 31.8 Å². The molecule has 0 saturated carbocycles. The molecule has 1 aromatic carbocycles. The summed E-state index contributed by atoms with van der Waals surface area (Å²) in [6.07, 6.45) is 0. The average Bonchev–Trinajstić information content (AvgIpc) is 2.53. The topological polar surface area (TPSA) is 103 Å². The number of hydrogen-bond acceptors (Lipinski definition) is 6. The fourth-order valence-electron chi connectivity index (χ4n) is 2.00. The maximum atomic E-state index is 12.4. The molecule has 24 heavy (non-hydrogen) atoms. The standard InChI is InChI=1S/C15H24N2O6S/c1-10(9-21-3)16-15(18)11(2)17-24(19,20)12-6-7-13(22-4)14(8-12)23-5/h6-8,10-11,17H,9H2,1-5H3,(H,16,18)/t10-,11-/m1/s1. The SMILES string of the molecule is COC[C@@H](C)NC(=O)[C@@H](C)NS(=O)(=O)c1ccc(OC)c(OC)c1. The van der Waals surface area contributed by atoms with Gasteiger partial charge in [-0.3, -0.25) is 4.79 Å². The summed E-state index contributed by atoms with van der Waals surface area (Å²) < 4.78 is 42.2. The molecular weight excluding hydrogens is 336 g/mol. The fraction of sp³-hybridized carbons (Fsp3) is 0.533. The lowest BCUT2D eigenvalue weighted by Gasteiger charge is -2.18. The van der Waals surface area contributed by atoms with E-state index in [0.29, 0.717) is 12.4 Å². The first-order valence-corrected chi connectivity index (χ1v) is 8.77. The first-order chi connectivity index (χ1) is 11.2. The van der Waals surface area contributed by atoms with E-state index in [-0.39, 0.29) is 16.7 Å². The minimum Gasteiger partial charge on any atom is -0.493 e. The number of amides is 1. The monoisotopic (exact) mass is 360 g/mol. The molecule has 1 aromatic rings.